The first-order chi connectivity index (χ1) is 12.7. The highest BCUT2D eigenvalue weighted by Crippen LogP contribution is 2.23. The third-order valence-electron chi connectivity index (χ3n) is 4.50. The Balaban J connectivity index is 0.00000261. The molecular weight excluding hydrogens is 493 g/mol. The van der Waals surface area contributed by atoms with Crippen LogP contribution < -0.4 is 15.5 Å². The van der Waals surface area contributed by atoms with Gasteiger partial charge in [-0.3, -0.25) is 4.99 Å². The minimum absolute atomic E-state index is 0. The summed E-state index contributed by atoms with van der Waals surface area (Å²) in [5.74, 6) is 0.855. The summed E-state index contributed by atoms with van der Waals surface area (Å²) >= 11 is 7.85. The van der Waals surface area contributed by atoms with E-state index in [1.807, 2.05) is 25.2 Å². The second-order valence-electron chi connectivity index (χ2n) is 6.39. The summed E-state index contributed by atoms with van der Waals surface area (Å²) in [6.45, 7) is 4.94. The number of thiazole rings is 1. The summed E-state index contributed by atoms with van der Waals surface area (Å²) in [6.07, 6.45) is 3.00. The van der Waals surface area contributed by atoms with Crippen LogP contribution >= 0.6 is 46.9 Å². The lowest BCUT2D eigenvalue weighted by Crippen LogP contribution is -2.45. The third kappa shape index (κ3) is 6.50. The lowest BCUT2D eigenvalue weighted by molar-refractivity contribution is 0.647. The van der Waals surface area contributed by atoms with Crippen molar-refractivity contribution in [3.8, 4) is 0 Å². The van der Waals surface area contributed by atoms with Gasteiger partial charge in [-0.25, -0.2) is 4.98 Å². The zero-order valence-corrected chi connectivity index (χ0v) is 19.6. The van der Waals surface area contributed by atoms with Gasteiger partial charge in [0.2, 0.25) is 0 Å². The van der Waals surface area contributed by atoms with Crippen LogP contribution in [-0.2, 0) is 12.8 Å². The Morgan fingerprint density at radius 3 is 3.00 bits per heavy atom. The number of anilines is 1. The molecule has 1 unspecified atom stereocenters. The van der Waals surface area contributed by atoms with Crippen molar-refractivity contribution in [2.24, 2.45) is 4.99 Å². The fourth-order valence-corrected chi connectivity index (χ4v) is 4.07. The molecule has 1 atom stereocenters. The SMILES string of the molecule is CCc1nc(CCNC(=NC)NC2CCN(c3cccc(Cl)c3)C2)cs1.I. The summed E-state index contributed by atoms with van der Waals surface area (Å²) in [6, 6.07) is 8.43. The first-order valence-electron chi connectivity index (χ1n) is 9.09. The lowest BCUT2D eigenvalue weighted by Gasteiger charge is -2.20. The van der Waals surface area contributed by atoms with E-state index in [0.29, 0.717) is 6.04 Å². The molecule has 5 nitrogen and oxygen atoms in total. The molecule has 2 aromatic rings. The van der Waals surface area contributed by atoms with Gasteiger partial charge < -0.3 is 15.5 Å². The van der Waals surface area contributed by atoms with Crippen LogP contribution in [0, 0.1) is 0 Å². The largest absolute Gasteiger partial charge is 0.369 e. The summed E-state index contributed by atoms with van der Waals surface area (Å²) in [5, 5.41) is 11.1. The Labute approximate surface area is 187 Å². The number of guanidine groups is 1. The van der Waals surface area contributed by atoms with Gasteiger partial charge in [0.1, 0.15) is 0 Å². The van der Waals surface area contributed by atoms with E-state index in [0.717, 1.165) is 55.6 Å². The molecule has 27 heavy (non-hydrogen) atoms. The molecule has 1 aliphatic rings. The number of nitrogens with one attached hydrogen (secondary N) is 2. The molecule has 3 rings (SSSR count). The Hall–Kier alpha value is -1.06. The van der Waals surface area contributed by atoms with E-state index in [9.17, 15) is 0 Å². The van der Waals surface area contributed by atoms with E-state index in [2.05, 4.69) is 43.9 Å². The van der Waals surface area contributed by atoms with E-state index >= 15 is 0 Å². The molecular formula is C19H27ClIN5S. The van der Waals surface area contributed by atoms with Crippen molar-refractivity contribution in [1.82, 2.24) is 15.6 Å². The quantitative estimate of drug-likeness (QED) is 0.345. The van der Waals surface area contributed by atoms with Crippen LogP contribution in [0.5, 0.6) is 0 Å². The number of benzene rings is 1. The van der Waals surface area contributed by atoms with Gasteiger partial charge in [-0.1, -0.05) is 24.6 Å². The predicted octanol–water partition coefficient (Wildman–Crippen LogP) is 3.96. The van der Waals surface area contributed by atoms with Crippen molar-refractivity contribution in [2.45, 2.75) is 32.2 Å². The van der Waals surface area contributed by atoms with Crippen LogP contribution in [-0.4, -0.2) is 43.7 Å². The van der Waals surface area contributed by atoms with Gasteiger partial charge in [0.25, 0.3) is 0 Å². The van der Waals surface area contributed by atoms with Crippen LogP contribution in [0.25, 0.3) is 0 Å². The van der Waals surface area contributed by atoms with Crippen LogP contribution in [0.4, 0.5) is 5.69 Å². The van der Waals surface area contributed by atoms with E-state index < -0.39 is 0 Å². The molecule has 0 amide bonds. The minimum Gasteiger partial charge on any atom is -0.369 e. The average Bonchev–Trinajstić information content (AvgIpc) is 3.30. The number of aryl methyl sites for hydroxylation is 1. The molecule has 2 heterocycles. The Kier molecular flexibility index (Phi) is 9.11. The number of hydrogen-bond donors (Lipinski definition) is 2. The topological polar surface area (TPSA) is 52.6 Å². The van der Waals surface area contributed by atoms with Crippen molar-refractivity contribution >= 4 is 58.6 Å². The number of hydrogen-bond acceptors (Lipinski definition) is 4. The Morgan fingerprint density at radius 2 is 2.30 bits per heavy atom. The van der Waals surface area contributed by atoms with Gasteiger partial charge in [-0.05, 0) is 31.0 Å². The fourth-order valence-electron chi connectivity index (χ4n) is 3.11. The first-order valence-corrected chi connectivity index (χ1v) is 10.3. The maximum absolute atomic E-state index is 6.11. The van der Waals surface area contributed by atoms with Gasteiger partial charge in [-0.15, -0.1) is 35.3 Å². The standard InChI is InChI=1S/C19H26ClN5S.HI/c1-3-18-23-16(13-26-18)7-9-22-19(21-2)24-15-8-10-25(12-15)17-6-4-5-14(20)11-17;/h4-6,11,13,15H,3,7-10,12H2,1-2H3,(H2,21,22,24);1H. The molecule has 2 N–H and O–H groups in total. The smallest absolute Gasteiger partial charge is 0.191 e. The third-order valence-corrected chi connectivity index (χ3v) is 5.78. The molecule has 8 heteroatoms. The van der Waals surface area contributed by atoms with Crippen LogP contribution in [0.2, 0.25) is 5.02 Å². The number of rotatable bonds is 6. The number of aliphatic imine (C=N–C) groups is 1. The predicted molar refractivity (Wildman–Crippen MR) is 127 cm³/mol. The van der Waals surface area contributed by atoms with Crippen molar-refractivity contribution in [3.63, 3.8) is 0 Å². The average molecular weight is 520 g/mol. The van der Waals surface area contributed by atoms with E-state index in [1.165, 1.54) is 10.7 Å². The highest BCUT2D eigenvalue weighted by molar-refractivity contribution is 14.0. The lowest BCUT2D eigenvalue weighted by atomic mass is 10.2. The van der Waals surface area contributed by atoms with Crippen molar-refractivity contribution in [3.05, 3.63) is 45.4 Å². The van der Waals surface area contributed by atoms with Gasteiger partial charge in [0.05, 0.1) is 10.7 Å². The molecule has 0 spiro atoms. The monoisotopic (exact) mass is 519 g/mol. The second-order valence-corrected chi connectivity index (χ2v) is 7.77. The van der Waals surface area contributed by atoms with Crippen molar-refractivity contribution in [2.75, 3.05) is 31.6 Å². The van der Waals surface area contributed by atoms with Crippen LogP contribution in [0.1, 0.15) is 24.0 Å². The van der Waals surface area contributed by atoms with Crippen molar-refractivity contribution < 1.29 is 0 Å². The van der Waals surface area contributed by atoms with Gasteiger partial charge >= 0.3 is 0 Å². The van der Waals surface area contributed by atoms with E-state index in [4.69, 9.17) is 11.6 Å². The molecule has 1 aliphatic heterocycles. The maximum atomic E-state index is 6.11. The molecule has 0 radical (unpaired) electrons. The molecule has 1 aromatic heterocycles. The van der Waals surface area contributed by atoms with Crippen LogP contribution in [0.15, 0.2) is 34.6 Å². The second kappa shape index (κ2) is 11.1. The molecule has 148 valence electrons. The van der Waals surface area contributed by atoms with Crippen molar-refractivity contribution in [1.29, 1.82) is 0 Å². The Morgan fingerprint density at radius 1 is 1.44 bits per heavy atom. The number of aromatic nitrogens is 1. The zero-order chi connectivity index (χ0) is 18.4. The minimum atomic E-state index is 0. The van der Waals surface area contributed by atoms with Gasteiger partial charge in [0, 0.05) is 55.2 Å². The molecule has 0 saturated carbocycles. The molecule has 0 aliphatic carbocycles. The Bertz CT molecular complexity index is 751. The zero-order valence-electron chi connectivity index (χ0n) is 15.7. The summed E-state index contributed by atoms with van der Waals surface area (Å²) < 4.78 is 0. The molecule has 0 bridgehead atoms. The van der Waals surface area contributed by atoms with Gasteiger partial charge in [-0.2, -0.15) is 0 Å². The van der Waals surface area contributed by atoms with Gasteiger partial charge in [0.15, 0.2) is 5.96 Å². The molecule has 1 saturated heterocycles. The maximum Gasteiger partial charge on any atom is 0.191 e. The molecule has 1 aromatic carbocycles. The van der Waals surface area contributed by atoms with E-state index in [-0.39, 0.29) is 24.0 Å². The highest BCUT2D eigenvalue weighted by atomic mass is 127. The normalized spacial score (nSPS) is 16.9. The fraction of sp³-hybridized carbons (Fsp3) is 0.474. The number of halogens is 2. The summed E-state index contributed by atoms with van der Waals surface area (Å²) in [5.41, 5.74) is 2.34. The first kappa shape index (κ1) is 22.2. The van der Waals surface area contributed by atoms with Crippen LogP contribution in [0.3, 0.4) is 0 Å². The number of nitrogens with zero attached hydrogens (tertiary/aromatic N) is 3. The summed E-state index contributed by atoms with van der Waals surface area (Å²) in [4.78, 5) is 11.3. The van der Waals surface area contributed by atoms with E-state index in [1.54, 1.807) is 11.3 Å². The molecule has 1 fully saturated rings. The highest BCUT2D eigenvalue weighted by Gasteiger charge is 2.23. The summed E-state index contributed by atoms with van der Waals surface area (Å²) in [7, 11) is 1.82.